The summed E-state index contributed by atoms with van der Waals surface area (Å²) in [5.41, 5.74) is 0.391. The lowest BCUT2D eigenvalue weighted by Crippen LogP contribution is -2.12. The van der Waals surface area contributed by atoms with Crippen LogP contribution in [0.1, 0.15) is 0 Å². The van der Waals surface area contributed by atoms with Crippen LogP contribution in [0.15, 0.2) is 45.8 Å². The van der Waals surface area contributed by atoms with Crippen LogP contribution in [0.5, 0.6) is 0 Å². The fraction of sp³-hybridized carbons (Fsp3) is 0. The minimum atomic E-state index is -3.85. The van der Waals surface area contributed by atoms with Crippen molar-refractivity contribution in [1.29, 1.82) is 0 Å². The number of sulfonamides is 1. The number of non-ortho nitro benzene ring substituents is 1. The van der Waals surface area contributed by atoms with Crippen LogP contribution >= 0.6 is 38.9 Å². The topological polar surface area (TPSA) is 102 Å². The molecule has 0 aliphatic rings. The van der Waals surface area contributed by atoms with Crippen molar-refractivity contribution in [2.45, 2.75) is 4.90 Å². The van der Waals surface area contributed by atoms with Crippen LogP contribution in [0.25, 0.3) is 10.2 Å². The number of thiazole rings is 1. The monoisotopic (exact) mass is 447 g/mol. The zero-order valence-corrected chi connectivity index (χ0v) is 15.5. The van der Waals surface area contributed by atoms with E-state index in [1.165, 1.54) is 36.4 Å². The lowest BCUT2D eigenvalue weighted by atomic mass is 10.3. The average Bonchev–Trinajstić information content (AvgIpc) is 2.90. The molecule has 1 N–H and O–H groups in total. The van der Waals surface area contributed by atoms with Gasteiger partial charge in [0.05, 0.1) is 25.1 Å². The Bertz CT molecular complexity index is 1070. The second-order valence-corrected chi connectivity index (χ2v) is 8.58. The van der Waals surface area contributed by atoms with Gasteiger partial charge in [-0.05, 0) is 40.2 Å². The van der Waals surface area contributed by atoms with Gasteiger partial charge in [-0.2, -0.15) is 0 Å². The summed E-state index contributed by atoms with van der Waals surface area (Å²) in [7, 11) is -3.85. The third-order valence-electron chi connectivity index (χ3n) is 3.01. The van der Waals surface area contributed by atoms with Gasteiger partial charge in [-0.15, -0.1) is 0 Å². The van der Waals surface area contributed by atoms with Gasteiger partial charge >= 0.3 is 0 Å². The maximum atomic E-state index is 12.4. The van der Waals surface area contributed by atoms with Crippen LogP contribution in [0, 0.1) is 10.1 Å². The predicted molar refractivity (Wildman–Crippen MR) is 96.2 cm³/mol. The van der Waals surface area contributed by atoms with Crippen molar-refractivity contribution in [3.63, 3.8) is 0 Å². The number of hydrogen-bond acceptors (Lipinski definition) is 6. The van der Waals surface area contributed by atoms with Crippen molar-refractivity contribution >= 4 is 69.9 Å². The molecule has 3 rings (SSSR count). The van der Waals surface area contributed by atoms with Crippen LogP contribution in [0.3, 0.4) is 0 Å². The van der Waals surface area contributed by atoms with Crippen molar-refractivity contribution in [2.24, 2.45) is 0 Å². The number of fused-ring (bicyclic) bond motifs is 1. The number of benzene rings is 2. The summed E-state index contributed by atoms with van der Waals surface area (Å²) < 4.78 is 28.1. The van der Waals surface area contributed by atoms with E-state index in [9.17, 15) is 18.5 Å². The summed E-state index contributed by atoms with van der Waals surface area (Å²) in [4.78, 5) is 14.4. The molecule has 0 radical (unpaired) electrons. The fourth-order valence-electron chi connectivity index (χ4n) is 1.89. The highest BCUT2D eigenvalue weighted by molar-refractivity contribution is 9.10. The van der Waals surface area contributed by atoms with Crippen LogP contribution < -0.4 is 4.72 Å². The molecule has 2 aromatic carbocycles. The van der Waals surface area contributed by atoms with E-state index in [2.05, 4.69) is 25.6 Å². The second kappa shape index (κ2) is 6.28. The van der Waals surface area contributed by atoms with Gasteiger partial charge in [-0.25, -0.2) is 13.4 Å². The minimum absolute atomic E-state index is 0.0176. The highest BCUT2D eigenvalue weighted by atomic mass is 79.9. The maximum absolute atomic E-state index is 12.4. The van der Waals surface area contributed by atoms with E-state index in [1.807, 2.05) is 0 Å². The Labute approximate surface area is 153 Å². The lowest BCUT2D eigenvalue weighted by Gasteiger charge is -2.06. The Morgan fingerprint density at radius 1 is 1.25 bits per heavy atom. The van der Waals surface area contributed by atoms with Gasteiger partial charge in [-0.1, -0.05) is 22.9 Å². The molecule has 0 aliphatic heterocycles. The molecule has 3 aromatic rings. The van der Waals surface area contributed by atoms with Gasteiger partial charge < -0.3 is 0 Å². The summed E-state index contributed by atoms with van der Waals surface area (Å²) in [6.45, 7) is 0. The Morgan fingerprint density at radius 2 is 2.00 bits per heavy atom. The summed E-state index contributed by atoms with van der Waals surface area (Å²) in [5.74, 6) is 0. The summed E-state index contributed by atoms with van der Waals surface area (Å²) in [6, 6.07) is 8.35. The van der Waals surface area contributed by atoms with E-state index < -0.39 is 14.9 Å². The molecule has 0 amide bonds. The summed E-state index contributed by atoms with van der Waals surface area (Å²) >= 11 is 10.0. The standard InChI is InChI=1S/C13H7BrClN3O4S2/c14-9-6-8(2-3-10(9)15)24(21,22)17-13-16-11-4-1-7(18(19)20)5-12(11)23-13/h1-6H,(H,16,17). The minimum Gasteiger partial charge on any atom is -0.258 e. The number of anilines is 1. The first-order valence-corrected chi connectivity index (χ1v) is 9.76. The molecular weight excluding hydrogens is 442 g/mol. The van der Waals surface area contributed by atoms with E-state index in [0.29, 0.717) is 19.7 Å². The van der Waals surface area contributed by atoms with Gasteiger partial charge in [0, 0.05) is 16.6 Å². The fourth-order valence-corrected chi connectivity index (χ4v) is 4.70. The largest absolute Gasteiger partial charge is 0.270 e. The third-order valence-corrected chi connectivity index (χ3v) is 6.62. The van der Waals surface area contributed by atoms with E-state index in [1.54, 1.807) is 0 Å². The number of nitrogens with one attached hydrogen (secondary N) is 1. The van der Waals surface area contributed by atoms with Crippen molar-refractivity contribution in [3.8, 4) is 0 Å². The molecule has 0 spiro atoms. The molecule has 7 nitrogen and oxygen atoms in total. The first-order valence-electron chi connectivity index (χ1n) is 6.29. The Kier molecular flexibility index (Phi) is 4.47. The lowest BCUT2D eigenvalue weighted by molar-refractivity contribution is -0.384. The molecule has 24 heavy (non-hydrogen) atoms. The molecule has 0 unspecified atom stereocenters. The zero-order chi connectivity index (χ0) is 17.5. The molecule has 0 fully saturated rings. The van der Waals surface area contributed by atoms with Crippen LogP contribution in [0.2, 0.25) is 5.02 Å². The number of aromatic nitrogens is 1. The second-order valence-electron chi connectivity index (χ2n) is 4.61. The number of nitro benzene ring substituents is 1. The number of halogens is 2. The summed E-state index contributed by atoms with van der Waals surface area (Å²) in [6.07, 6.45) is 0. The van der Waals surface area contributed by atoms with Gasteiger partial charge in [0.2, 0.25) is 0 Å². The number of nitro groups is 1. The maximum Gasteiger partial charge on any atom is 0.270 e. The van der Waals surface area contributed by atoms with E-state index in [-0.39, 0.29) is 15.7 Å². The predicted octanol–water partition coefficient (Wildman–Crippen LogP) is 4.42. The van der Waals surface area contributed by atoms with Gasteiger partial charge in [0.1, 0.15) is 0 Å². The van der Waals surface area contributed by atoms with Crippen molar-refractivity contribution in [3.05, 3.63) is 56.0 Å². The highest BCUT2D eigenvalue weighted by Gasteiger charge is 2.18. The normalized spacial score (nSPS) is 11.6. The van der Waals surface area contributed by atoms with Gasteiger partial charge in [0.25, 0.3) is 15.7 Å². The number of hydrogen-bond donors (Lipinski definition) is 1. The first kappa shape index (κ1) is 17.1. The molecule has 0 atom stereocenters. The van der Waals surface area contributed by atoms with Crippen molar-refractivity contribution < 1.29 is 13.3 Å². The molecule has 0 aliphatic carbocycles. The van der Waals surface area contributed by atoms with Crippen LogP contribution in [0.4, 0.5) is 10.8 Å². The molecule has 0 saturated carbocycles. The molecule has 0 bridgehead atoms. The van der Waals surface area contributed by atoms with Crippen molar-refractivity contribution in [2.75, 3.05) is 4.72 Å². The Balaban J connectivity index is 1.96. The smallest absolute Gasteiger partial charge is 0.258 e. The summed E-state index contributed by atoms with van der Waals surface area (Å²) in [5, 5.41) is 11.3. The Morgan fingerprint density at radius 3 is 2.67 bits per heavy atom. The number of nitrogens with zero attached hydrogens (tertiary/aromatic N) is 2. The first-order chi connectivity index (χ1) is 11.3. The quantitative estimate of drug-likeness (QED) is 0.470. The molecule has 11 heteroatoms. The zero-order valence-electron chi connectivity index (χ0n) is 11.6. The SMILES string of the molecule is O=[N+]([O-])c1ccc2nc(NS(=O)(=O)c3ccc(Cl)c(Br)c3)sc2c1. The van der Waals surface area contributed by atoms with E-state index >= 15 is 0 Å². The van der Waals surface area contributed by atoms with Gasteiger partial charge in [0.15, 0.2) is 5.13 Å². The highest BCUT2D eigenvalue weighted by Crippen LogP contribution is 2.31. The molecule has 124 valence electrons. The van der Waals surface area contributed by atoms with E-state index in [0.717, 1.165) is 11.3 Å². The van der Waals surface area contributed by atoms with Crippen molar-refractivity contribution in [1.82, 2.24) is 4.98 Å². The molecule has 1 heterocycles. The van der Waals surface area contributed by atoms with Crippen LogP contribution in [-0.2, 0) is 10.0 Å². The molecular formula is C13H7BrClN3O4S2. The Hall–Kier alpha value is -1.75. The third kappa shape index (κ3) is 3.36. The molecule has 0 saturated heterocycles. The van der Waals surface area contributed by atoms with E-state index in [4.69, 9.17) is 11.6 Å². The van der Waals surface area contributed by atoms with Gasteiger partial charge in [-0.3, -0.25) is 14.8 Å². The molecule has 1 aromatic heterocycles. The average molecular weight is 449 g/mol. The number of rotatable bonds is 4. The van der Waals surface area contributed by atoms with Crippen LogP contribution in [-0.4, -0.2) is 18.3 Å².